The summed E-state index contributed by atoms with van der Waals surface area (Å²) in [6, 6.07) is 16.4. The van der Waals surface area contributed by atoms with Crippen molar-refractivity contribution in [1.82, 2.24) is 10.2 Å². The number of nitrogens with zero attached hydrogens (tertiary/aromatic N) is 1. The summed E-state index contributed by atoms with van der Waals surface area (Å²) in [4.78, 5) is 14.6. The van der Waals surface area contributed by atoms with Crippen LogP contribution in [-0.2, 0) is 11.3 Å². The molecule has 0 saturated carbocycles. The van der Waals surface area contributed by atoms with Crippen LogP contribution in [0.2, 0.25) is 0 Å². The monoisotopic (exact) mass is 418 g/mol. The Morgan fingerprint density at radius 3 is 2.68 bits per heavy atom. The number of amides is 1. The van der Waals surface area contributed by atoms with Gasteiger partial charge in [-0.3, -0.25) is 9.69 Å². The number of rotatable bonds is 8. The van der Waals surface area contributed by atoms with E-state index in [0.717, 1.165) is 49.7 Å². The molecule has 1 fully saturated rings. The number of hydrogen-bond acceptors (Lipinski definition) is 4. The number of nitrogens with one attached hydrogen (secondary N) is 1. The number of carbonyl (C=O) groups is 1. The average molecular weight is 419 g/mol. The molecule has 2 heterocycles. The molecule has 1 N–H and O–H groups in total. The van der Waals surface area contributed by atoms with Crippen molar-refractivity contribution in [3.63, 3.8) is 0 Å². The van der Waals surface area contributed by atoms with Gasteiger partial charge < -0.3 is 14.8 Å². The molecule has 31 heavy (non-hydrogen) atoms. The van der Waals surface area contributed by atoms with Gasteiger partial charge in [0, 0.05) is 19.2 Å². The molecular weight excluding hydrogens is 388 g/mol. The van der Waals surface area contributed by atoms with E-state index in [9.17, 15) is 4.79 Å². The Kier molecular flexibility index (Phi) is 7.40. The van der Waals surface area contributed by atoms with Gasteiger partial charge in [0.05, 0.1) is 0 Å². The van der Waals surface area contributed by atoms with Crippen LogP contribution in [0.1, 0.15) is 30.4 Å². The zero-order valence-corrected chi connectivity index (χ0v) is 17.8. The highest BCUT2D eigenvalue weighted by atomic mass is 16.7. The minimum absolute atomic E-state index is 0.0446. The van der Waals surface area contributed by atoms with E-state index in [-0.39, 0.29) is 12.7 Å². The Hall–Kier alpha value is -3.05. The van der Waals surface area contributed by atoms with Crippen molar-refractivity contribution in [1.29, 1.82) is 0 Å². The predicted molar refractivity (Wildman–Crippen MR) is 123 cm³/mol. The molecule has 0 unspecified atom stereocenters. The van der Waals surface area contributed by atoms with Gasteiger partial charge in [-0.15, -0.1) is 0 Å². The van der Waals surface area contributed by atoms with Crippen molar-refractivity contribution in [3.05, 3.63) is 77.9 Å². The highest BCUT2D eigenvalue weighted by molar-refractivity contribution is 5.87. The molecule has 0 bridgehead atoms. The number of likely N-dealkylation sites (tertiary alicyclic amines) is 1. The maximum atomic E-state index is 12.0. The Morgan fingerprint density at radius 2 is 1.84 bits per heavy atom. The quantitative estimate of drug-likeness (QED) is 0.510. The molecule has 2 aliphatic rings. The van der Waals surface area contributed by atoms with E-state index in [0.29, 0.717) is 5.92 Å². The fraction of sp³-hybridized carbons (Fsp3) is 0.346. The second kappa shape index (κ2) is 10.8. The Balaban J connectivity index is 1.11. The third-order valence-electron chi connectivity index (χ3n) is 5.85. The maximum Gasteiger partial charge on any atom is 0.243 e. The minimum Gasteiger partial charge on any atom is -0.454 e. The average Bonchev–Trinajstić information content (AvgIpc) is 3.27. The smallest absolute Gasteiger partial charge is 0.243 e. The van der Waals surface area contributed by atoms with Gasteiger partial charge in [-0.25, -0.2) is 0 Å². The second-order valence-electron chi connectivity index (χ2n) is 8.12. The lowest BCUT2D eigenvalue weighted by molar-refractivity contribution is -0.116. The van der Waals surface area contributed by atoms with Gasteiger partial charge in [-0.2, -0.15) is 0 Å². The van der Waals surface area contributed by atoms with Crippen LogP contribution in [0, 0.1) is 5.92 Å². The predicted octanol–water partition coefficient (Wildman–Crippen LogP) is 4.40. The SMILES string of the molecule is O=C(/C=C/C=C/c1ccc2c(c1)OCO2)NCCC1CCN(Cc2ccccc2)CC1. The molecule has 5 nitrogen and oxygen atoms in total. The van der Waals surface area contributed by atoms with E-state index in [4.69, 9.17) is 9.47 Å². The van der Waals surface area contributed by atoms with Gasteiger partial charge in [0.1, 0.15) is 0 Å². The standard InChI is InChI=1S/C26H30N2O3/c29-26(9-5-4-6-22-10-11-24-25(18-22)31-20-30-24)27-15-12-21-13-16-28(17-14-21)19-23-7-2-1-3-8-23/h1-11,18,21H,12-17,19-20H2,(H,27,29)/b6-4+,9-5+. The number of piperidine rings is 1. The van der Waals surface area contributed by atoms with Gasteiger partial charge in [-0.05, 0) is 61.5 Å². The summed E-state index contributed by atoms with van der Waals surface area (Å²) in [5.41, 5.74) is 2.39. The van der Waals surface area contributed by atoms with E-state index < -0.39 is 0 Å². The summed E-state index contributed by atoms with van der Waals surface area (Å²) in [7, 11) is 0. The molecule has 2 aromatic rings. The maximum absolute atomic E-state index is 12.0. The Morgan fingerprint density at radius 1 is 1.03 bits per heavy atom. The van der Waals surface area contributed by atoms with E-state index in [1.165, 1.54) is 18.4 Å². The first-order chi connectivity index (χ1) is 15.3. The van der Waals surface area contributed by atoms with Crippen molar-refractivity contribution in [3.8, 4) is 11.5 Å². The number of hydrogen-bond donors (Lipinski definition) is 1. The van der Waals surface area contributed by atoms with E-state index in [1.54, 1.807) is 12.2 Å². The van der Waals surface area contributed by atoms with Gasteiger partial charge in [0.2, 0.25) is 12.7 Å². The zero-order chi connectivity index (χ0) is 21.3. The van der Waals surface area contributed by atoms with Crippen LogP contribution in [0.4, 0.5) is 0 Å². The number of fused-ring (bicyclic) bond motifs is 1. The summed E-state index contributed by atoms with van der Waals surface area (Å²) < 4.78 is 10.7. The van der Waals surface area contributed by atoms with Crippen LogP contribution in [-0.4, -0.2) is 37.2 Å². The molecule has 5 heteroatoms. The Labute approximate surface area is 184 Å². The van der Waals surface area contributed by atoms with Crippen molar-refractivity contribution in [2.75, 3.05) is 26.4 Å². The lowest BCUT2D eigenvalue weighted by Gasteiger charge is -2.32. The molecule has 4 rings (SSSR count). The molecule has 2 aromatic carbocycles. The van der Waals surface area contributed by atoms with Crippen LogP contribution >= 0.6 is 0 Å². The number of allylic oxidation sites excluding steroid dienone is 2. The minimum atomic E-state index is -0.0446. The number of benzene rings is 2. The van der Waals surface area contributed by atoms with Crippen LogP contribution in [0.3, 0.4) is 0 Å². The zero-order valence-electron chi connectivity index (χ0n) is 17.8. The summed E-state index contributed by atoms with van der Waals surface area (Å²) >= 11 is 0. The Bertz CT molecular complexity index is 916. The first kappa shape index (κ1) is 21.2. The highest BCUT2D eigenvalue weighted by Gasteiger charge is 2.19. The van der Waals surface area contributed by atoms with Gasteiger partial charge in [-0.1, -0.05) is 54.6 Å². The molecule has 2 aliphatic heterocycles. The lowest BCUT2D eigenvalue weighted by Crippen LogP contribution is -2.34. The number of carbonyl (C=O) groups excluding carboxylic acids is 1. The van der Waals surface area contributed by atoms with E-state index in [1.807, 2.05) is 30.4 Å². The number of ether oxygens (including phenoxy) is 2. The summed E-state index contributed by atoms with van der Waals surface area (Å²) in [5, 5.41) is 3.00. The molecular formula is C26H30N2O3. The van der Waals surface area contributed by atoms with Crippen molar-refractivity contribution in [2.24, 2.45) is 5.92 Å². The fourth-order valence-electron chi connectivity index (χ4n) is 4.06. The summed E-state index contributed by atoms with van der Waals surface area (Å²) in [6.07, 6.45) is 10.6. The van der Waals surface area contributed by atoms with Gasteiger partial charge in [0.25, 0.3) is 0 Å². The molecule has 0 spiro atoms. The van der Waals surface area contributed by atoms with Crippen molar-refractivity contribution in [2.45, 2.75) is 25.8 Å². The molecule has 1 saturated heterocycles. The van der Waals surface area contributed by atoms with Gasteiger partial charge >= 0.3 is 0 Å². The first-order valence-electron chi connectivity index (χ1n) is 11.0. The molecule has 0 radical (unpaired) electrons. The topological polar surface area (TPSA) is 50.8 Å². The van der Waals surface area contributed by atoms with Crippen LogP contribution < -0.4 is 14.8 Å². The summed E-state index contributed by atoms with van der Waals surface area (Å²) in [6.45, 7) is 4.32. The summed E-state index contributed by atoms with van der Waals surface area (Å²) in [5.74, 6) is 2.18. The molecule has 0 aliphatic carbocycles. The highest BCUT2D eigenvalue weighted by Crippen LogP contribution is 2.32. The van der Waals surface area contributed by atoms with Crippen LogP contribution in [0.25, 0.3) is 6.08 Å². The van der Waals surface area contributed by atoms with Crippen LogP contribution in [0.5, 0.6) is 11.5 Å². The molecule has 162 valence electrons. The largest absolute Gasteiger partial charge is 0.454 e. The van der Waals surface area contributed by atoms with E-state index >= 15 is 0 Å². The lowest BCUT2D eigenvalue weighted by atomic mass is 9.93. The molecule has 0 aromatic heterocycles. The second-order valence-corrected chi connectivity index (χ2v) is 8.12. The first-order valence-corrected chi connectivity index (χ1v) is 11.0. The van der Waals surface area contributed by atoms with E-state index in [2.05, 4.69) is 40.5 Å². The van der Waals surface area contributed by atoms with Crippen molar-refractivity contribution < 1.29 is 14.3 Å². The fourth-order valence-corrected chi connectivity index (χ4v) is 4.06. The molecule has 0 atom stereocenters. The van der Waals surface area contributed by atoms with Crippen LogP contribution in [0.15, 0.2) is 66.8 Å². The molecule has 1 amide bonds. The third-order valence-corrected chi connectivity index (χ3v) is 5.85. The van der Waals surface area contributed by atoms with Crippen molar-refractivity contribution >= 4 is 12.0 Å². The third kappa shape index (κ3) is 6.46. The normalized spacial score (nSPS) is 16.9. The van der Waals surface area contributed by atoms with Gasteiger partial charge in [0.15, 0.2) is 11.5 Å².